The molecule has 0 saturated heterocycles. The molecule has 0 amide bonds. The quantitative estimate of drug-likeness (QED) is 0.536. The minimum atomic E-state index is 0.346. The maximum atomic E-state index is 5.87. The maximum Gasteiger partial charge on any atom is 0.0348 e. The van der Waals surface area contributed by atoms with Gasteiger partial charge in [0, 0.05) is 19.0 Å². The number of hydrogen-bond acceptors (Lipinski definition) is 1. The molecule has 0 radical (unpaired) electrons. The summed E-state index contributed by atoms with van der Waals surface area (Å²) in [5, 5.41) is 3.61. The number of alkyl halides is 1. The van der Waals surface area contributed by atoms with Crippen LogP contribution in [0.4, 0.5) is 0 Å². The summed E-state index contributed by atoms with van der Waals surface area (Å²) in [5.74, 6) is 2.11. The largest absolute Gasteiger partial charge is 0.315 e. The first-order chi connectivity index (χ1) is 11.4. The van der Waals surface area contributed by atoms with Crippen molar-refractivity contribution in [3.63, 3.8) is 0 Å². The predicted octanol–water partition coefficient (Wildman–Crippen LogP) is 5.65. The van der Waals surface area contributed by atoms with Gasteiger partial charge < -0.3 is 5.32 Å². The molecule has 3 unspecified atom stereocenters. The zero-order chi connectivity index (χ0) is 17.4. The minimum Gasteiger partial charge on any atom is -0.315 e. The normalized spacial score (nSPS) is 32.5. The van der Waals surface area contributed by atoms with Crippen LogP contribution >= 0.6 is 11.6 Å². The SMILES string of the molecule is CC(C)c1ccc2c(c1)CCC1C(C)(CNCCCl)CCCC21C. The number of nitrogens with one attached hydrogen (secondary N) is 1. The van der Waals surface area contributed by atoms with Crippen LogP contribution in [0.15, 0.2) is 18.2 Å². The topological polar surface area (TPSA) is 12.0 Å². The lowest BCUT2D eigenvalue weighted by Crippen LogP contribution is -2.52. The molecule has 3 atom stereocenters. The van der Waals surface area contributed by atoms with Crippen molar-refractivity contribution < 1.29 is 0 Å². The fourth-order valence-corrected chi connectivity index (χ4v) is 5.79. The smallest absolute Gasteiger partial charge is 0.0348 e. The Labute approximate surface area is 153 Å². The number of halogens is 1. The summed E-state index contributed by atoms with van der Waals surface area (Å²) in [6, 6.07) is 7.35. The van der Waals surface area contributed by atoms with Crippen LogP contribution in [0.25, 0.3) is 0 Å². The van der Waals surface area contributed by atoms with Gasteiger partial charge in [-0.25, -0.2) is 0 Å². The molecule has 1 nitrogen and oxygen atoms in total. The first-order valence-electron chi connectivity index (χ1n) is 9.81. The van der Waals surface area contributed by atoms with E-state index >= 15 is 0 Å². The third-order valence-electron chi connectivity index (χ3n) is 6.97. The summed E-state index contributed by atoms with van der Waals surface area (Å²) in [6.07, 6.45) is 6.63. The highest BCUT2D eigenvalue weighted by molar-refractivity contribution is 6.18. The van der Waals surface area contributed by atoms with E-state index in [0.717, 1.165) is 19.0 Å². The lowest BCUT2D eigenvalue weighted by atomic mass is 9.49. The van der Waals surface area contributed by atoms with E-state index in [0.29, 0.717) is 22.6 Å². The van der Waals surface area contributed by atoms with Crippen molar-refractivity contribution in [1.29, 1.82) is 0 Å². The Morgan fingerprint density at radius 3 is 2.75 bits per heavy atom. The third-order valence-corrected chi connectivity index (χ3v) is 7.16. The summed E-state index contributed by atoms with van der Waals surface area (Å²) < 4.78 is 0. The van der Waals surface area contributed by atoms with Gasteiger partial charge >= 0.3 is 0 Å². The Balaban J connectivity index is 1.91. The molecule has 1 fully saturated rings. The van der Waals surface area contributed by atoms with Crippen molar-refractivity contribution >= 4 is 11.6 Å². The van der Waals surface area contributed by atoms with Crippen molar-refractivity contribution in [3.05, 3.63) is 34.9 Å². The van der Waals surface area contributed by atoms with Crippen LogP contribution in [-0.4, -0.2) is 19.0 Å². The molecule has 0 aromatic heterocycles. The zero-order valence-corrected chi connectivity index (χ0v) is 16.7. The molecule has 0 aliphatic heterocycles. The fourth-order valence-electron chi connectivity index (χ4n) is 5.66. The fraction of sp³-hybridized carbons (Fsp3) is 0.727. The van der Waals surface area contributed by atoms with Crippen LogP contribution in [0.1, 0.15) is 76.0 Å². The highest BCUT2D eigenvalue weighted by Gasteiger charge is 2.51. The number of aryl methyl sites for hydroxylation is 1. The van der Waals surface area contributed by atoms with Gasteiger partial charge in [0.25, 0.3) is 0 Å². The van der Waals surface area contributed by atoms with Crippen molar-refractivity contribution in [3.8, 4) is 0 Å². The van der Waals surface area contributed by atoms with Gasteiger partial charge in [0.2, 0.25) is 0 Å². The Morgan fingerprint density at radius 2 is 2.04 bits per heavy atom. The molecule has 0 bridgehead atoms. The summed E-state index contributed by atoms with van der Waals surface area (Å²) in [6.45, 7) is 11.7. The molecule has 134 valence electrons. The van der Waals surface area contributed by atoms with Gasteiger partial charge in [0.05, 0.1) is 0 Å². The first-order valence-corrected chi connectivity index (χ1v) is 10.3. The monoisotopic (exact) mass is 347 g/mol. The van der Waals surface area contributed by atoms with Crippen LogP contribution < -0.4 is 5.32 Å². The highest BCUT2D eigenvalue weighted by atomic mass is 35.5. The molecule has 2 aliphatic carbocycles. The van der Waals surface area contributed by atoms with E-state index in [1.807, 2.05) is 0 Å². The second-order valence-corrected chi connectivity index (χ2v) is 9.33. The molecule has 24 heavy (non-hydrogen) atoms. The molecule has 1 N–H and O–H groups in total. The van der Waals surface area contributed by atoms with E-state index in [9.17, 15) is 0 Å². The Morgan fingerprint density at radius 1 is 1.25 bits per heavy atom. The number of hydrogen-bond donors (Lipinski definition) is 1. The van der Waals surface area contributed by atoms with Gasteiger partial charge in [-0.2, -0.15) is 0 Å². The molecule has 1 saturated carbocycles. The van der Waals surface area contributed by atoms with Crippen molar-refractivity contribution in [2.45, 2.75) is 71.1 Å². The Bertz CT molecular complexity index is 581. The summed E-state index contributed by atoms with van der Waals surface area (Å²) in [4.78, 5) is 0. The number of fused-ring (bicyclic) bond motifs is 3. The minimum absolute atomic E-state index is 0.346. The van der Waals surface area contributed by atoms with E-state index in [2.05, 4.69) is 51.2 Å². The molecular formula is C22H34ClN. The molecule has 1 aromatic carbocycles. The molecule has 0 spiro atoms. The van der Waals surface area contributed by atoms with Gasteiger partial charge in [-0.3, -0.25) is 0 Å². The molecule has 3 rings (SSSR count). The molecule has 2 heteroatoms. The molecule has 0 heterocycles. The van der Waals surface area contributed by atoms with Gasteiger partial charge in [-0.15, -0.1) is 11.6 Å². The van der Waals surface area contributed by atoms with Crippen molar-refractivity contribution in [2.24, 2.45) is 11.3 Å². The lowest BCUT2D eigenvalue weighted by Gasteiger charge is -2.55. The van der Waals surface area contributed by atoms with Crippen LogP contribution in [-0.2, 0) is 11.8 Å². The van der Waals surface area contributed by atoms with Gasteiger partial charge in [0.15, 0.2) is 0 Å². The summed E-state index contributed by atoms with van der Waals surface area (Å²) in [7, 11) is 0. The van der Waals surface area contributed by atoms with E-state index in [4.69, 9.17) is 11.6 Å². The van der Waals surface area contributed by atoms with E-state index in [1.54, 1.807) is 11.1 Å². The predicted molar refractivity (Wildman–Crippen MR) is 105 cm³/mol. The number of rotatable bonds is 5. The van der Waals surface area contributed by atoms with Crippen LogP contribution in [0.2, 0.25) is 0 Å². The van der Waals surface area contributed by atoms with E-state index < -0.39 is 0 Å². The second-order valence-electron chi connectivity index (χ2n) is 8.95. The summed E-state index contributed by atoms with van der Waals surface area (Å²) >= 11 is 5.87. The zero-order valence-electron chi connectivity index (χ0n) is 15.9. The third kappa shape index (κ3) is 3.15. The Hall–Kier alpha value is -0.530. The van der Waals surface area contributed by atoms with Crippen LogP contribution in [0.3, 0.4) is 0 Å². The molecular weight excluding hydrogens is 314 g/mol. The van der Waals surface area contributed by atoms with Gasteiger partial charge in [-0.1, -0.05) is 52.3 Å². The van der Waals surface area contributed by atoms with Gasteiger partial charge in [-0.05, 0) is 65.0 Å². The van der Waals surface area contributed by atoms with Crippen molar-refractivity contribution in [1.82, 2.24) is 5.32 Å². The first kappa shape index (κ1) is 18.3. The number of benzene rings is 1. The second kappa shape index (κ2) is 7.00. The molecule has 1 aromatic rings. The van der Waals surface area contributed by atoms with E-state index in [1.165, 1.54) is 37.7 Å². The van der Waals surface area contributed by atoms with Crippen LogP contribution in [0.5, 0.6) is 0 Å². The standard InChI is InChI=1S/C22H34ClN/c1-16(2)17-6-8-19-18(14-17)7-9-20-21(3,15-24-13-12-23)10-5-11-22(19,20)4/h6,8,14,16,20,24H,5,7,9-13,15H2,1-4H3. The average Bonchev–Trinajstić information content (AvgIpc) is 2.54. The average molecular weight is 348 g/mol. The van der Waals surface area contributed by atoms with E-state index in [-0.39, 0.29) is 0 Å². The van der Waals surface area contributed by atoms with Gasteiger partial charge in [0.1, 0.15) is 0 Å². The highest BCUT2D eigenvalue weighted by Crippen LogP contribution is 2.57. The lowest BCUT2D eigenvalue weighted by molar-refractivity contribution is 0.0264. The maximum absolute atomic E-state index is 5.87. The van der Waals surface area contributed by atoms with Crippen LogP contribution in [0, 0.1) is 11.3 Å². The summed E-state index contributed by atoms with van der Waals surface area (Å²) in [5.41, 5.74) is 5.51. The van der Waals surface area contributed by atoms with Crippen molar-refractivity contribution in [2.75, 3.05) is 19.0 Å². The Kier molecular flexibility index (Phi) is 5.33. The molecule has 2 aliphatic rings.